The number of amides is 1. The Morgan fingerprint density at radius 2 is 2.36 bits per heavy atom. The molecule has 0 bridgehead atoms. The molecule has 0 aliphatic carbocycles. The van der Waals surface area contributed by atoms with E-state index in [9.17, 15) is 4.79 Å². The van der Waals surface area contributed by atoms with E-state index >= 15 is 0 Å². The molecule has 0 radical (unpaired) electrons. The number of nitrogens with zero attached hydrogens (tertiary/aromatic N) is 1. The van der Waals surface area contributed by atoms with Crippen LogP contribution in [-0.4, -0.2) is 41.9 Å². The third-order valence-corrected chi connectivity index (χ3v) is 2.57. The molecule has 0 spiro atoms. The van der Waals surface area contributed by atoms with Gasteiger partial charge in [-0.3, -0.25) is 4.79 Å². The lowest BCUT2D eigenvalue weighted by Crippen LogP contribution is -2.44. The van der Waals surface area contributed by atoms with Crippen molar-refractivity contribution in [3.63, 3.8) is 0 Å². The van der Waals surface area contributed by atoms with Crippen molar-refractivity contribution in [2.24, 2.45) is 5.73 Å². The molecule has 1 amide bonds. The van der Waals surface area contributed by atoms with Crippen LogP contribution < -0.4 is 5.73 Å². The summed E-state index contributed by atoms with van der Waals surface area (Å²) in [6.45, 7) is 2.87. The number of nitrogens with two attached hydrogens (primary N) is 1. The van der Waals surface area contributed by atoms with Gasteiger partial charge in [0.15, 0.2) is 0 Å². The summed E-state index contributed by atoms with van der Waals surface area (Å²) in [5, 5.41) is 0. The van der Waals surface area contributed by atoms with Crippen LogP contribution in [0, 0.1) is 12.3 Å². The number of rotatable bonds is 6. The van der Waals surface area contributed by atoms with E-state index in [1.807, 2.05) is 13.2 Å². The van der Waals surface area contributed by atoms with Crippen molar-refractivity contribution in [2.45, 2.75) is 19.4 Å². The standard InChI is InChI=1S/C10H18N2OS/c1-4-7-12(5-2)10(13)9(11)6-8-14-3/h1,9H,5-8,11H2,2-3H3/t9-/m0/s1. The molecule has 0 unspecified atom stereocenters. The number of carbonyl (C=O) groups excluding carboxylic acids is 1. The summed E-state index contributed by atoms with van der Waals surface area (Å²) in [6.07, 6.45) is 7.86. The molecule has 0 aromatic rings. The molecule has 4 heteroatoms. The Kier molecular flexibility index (Phi) is 7.35. The van der Waals surface area contributed by atoms with Crippen LogP contribution in [0.4, 0.5) is 0 Å². The van der Waals surface area contributed by atoms with Crippen molar-refractivity contribution in [2.75, 3.05) is 25.1 Å². The van der Waals surface area contributed by atoms with Gasteiger partial charge in [-0.05, 0) is 25.4 Å². The van der Waals surface area contributed by atoms with Crippen molar-refractivity contribution in [3.8, 4) is 12.3 Å². The van der Waals surface area contributed by atoms with Gasteiger partial charge < -0.3 is 10.6 Å². The lowest BCUT2D eigenvalue weighted by molar-refractivity contribution is -0.131. The zero-order chi connectivity index (χ0) is 11.0. The van der Waals surface area contributed by atoms with Crippen LogP contribution >= 0.6 is 11.8 Å². The minimum Gasteiger partial charge on any atom is -0.330 e. The topological polar surface area (TPSA) is 46.3 Å². The molecule has 14 heavy (non-hydrogen) atoms. The highest BCUT2D eigenvalue weighted by Gasteiger charge is 2.18. The van der Waals surface area contributed by atoms with E-state index in [4.69, 9.17) is 12.2 Å². The van der Waals surface area contributed by atoms with Crippen molar-refractivity contribution in [1.29, 1.82) is 0 Å². The maximum atomic E-state index is 11.7. The second kappa shape index (κ2) is 7.72. The molecule has 0 aromatic carbocycles. The maximum absolute atomic E-state index is 11.7. The smallest absolute Gasteiger partial charge is 0.240 e. The molecule has 0 aliphatic heterocycles. The number of hydrogen-bond donors (Lipinski definition) is 1. The van der Waals surface area contributed by atoms with Gasteiger partial charge in [0, 0.05) is 6.54 Å². The Morgan fingerprint density at radius 1 is 1.71 bits per heavy atom. The SMILES string of the molecule is C#CCN(CC)C(=O)[C@@H](N)CCSC. The Hall–Kier alpha value is -0.660. The number of terminal acetylenes is 1. The van der Waals surface area contributed by atoms with Crippen LogP contribution in [-0.2, 0) is 4.79 Å². The molecule has 0 saturated carbocycles. The Balaban J connectivity index is 4.07. The molecule has 1 atom stereocenters. The van der Waals surface area contributed by atoms with Crippen molar-refractivity contribution >= 4 is 17.7 Å². The second-order valence-electron chi connectivity index (χ2n) is 2.94. The number of carbonyl (C=O) groups is 1. The summed E-state index contributed by atoms with van der Waals surface area (Å²) in [7, 11) is 0. The highest BCUT2D eigenvalue weighted by Crippen LogP contribution is 2.02. The minimum atomic E-state index is -0.407. The summed E-state index contributed by atoms with van der Waals surface area (Å²) in [4.78, 5) is 13.3. The van der Waals surface area contributed by atoms with E-state index < -0.39 is 6.04 Å². The maximum Gasteiger partial charge on any atom is 0.240 e. The van der Waals surface area contributed by atoms with Gasteiger partial charge in [0.25, 0.3) is 0 Å². The fourth-order valence-electron chi connectivity index (χ4n) is 1.06. The molecule has 2 N–H and O–H groups in total. The molecule has 80 valence electrons. The van der Waals surface area contributed by atoms with Crippen LogP contribution in [0.3, 0.4) is 0 Å². The van der Waals surface area contributed by atoms with Crippen molar-refractivity contribution in [1.82, 2.24) is 4.90 Å². The zero-order valence-corrected chi connectivity index (χ0v) is 9.64. The van der Waals surface area contributed by atoms with Gasteiger partial charge in [-0.25, -0.2) is 0 Å². The average Bonchev–Trinajstić information content (AvgIpc) is 2.21. The van der Waals surface area contributed by atoms with Crippen molar-refractivity contribution < 1.29 is 4.79 Å². The van der Waals surface area contributed by atoms with E-state index in [0.717, 1.165) is 5.75 Å². The molecular formula is C10H18N2OS. The van der Waals surface area contributed by atoms with Gasteiger partial charge in [-0.2, -0.15) is 11.8 Å². The highest BCUT2D eigenvalue weighted by atomic mass is 32.2. The first-order chi connectivity index (χ1) is 6.67. The first kappa shape index (κ1) is 13.3. The molecular weight excluding hydrogens is 196 g/mol. The lowest BCUT2D eigenvalue weighted by Gasteiger charge is -2.21. The predicted octanol–water partition coefficient (Wildman–Crippen LogP) is 0.548. The van der Waals surface area contributed by atoms with E-state index in [2.05, 4.69) is 5.92 Å². The molecule has 0 saturated heterocycles. The Labute approximate surface area is 90.4 Å². The molecule has 0 fully saturated rings. The lowest BCUT2D eigenvalue weighted by atomic mass is 10.2. The van der Waals surface area contributed by atoms with Gasteiger partial charge in [-0.1, -0.05) is 5.92 Å². The minimum absolute atomic E-state index is 0.0421. The summed E-state index contributed by atoms with van der Waals surface area (Å²) in [5.41, 5.74) is 5.74. The third kappa shape index (κ3) is 4.54. The largest absolute Gasteiger partial charge is 0.330 e. The molecule has 0 aliphatic rings. The first-order valence-electron chi connectivity index (χ1n) is 4.64. The van der Waals surface area contributed by atoms with Gasteiger partial charge in [0.1, 0.15) is 0 Å². The van der Waals surface area contributed by atoms with Gasteiger partial charge in [0.05, 0.1) is 12.6 Å². The van der Waals surface area contributed by atoms with E-state index in [-0.39, 0.29) is 5.91 Å². The van der Waals surface area contributed by atoms with Crippen LogP contribution in [0.2, 0.25) is 0 Å². The normalized spacial score (nSPS) is 11.9. The van der Waals surface area contributed by atoms with Crippen molar-refractivity contribution in [3.05, 3.63) is 0 Å². The van der Waals surface area contributed by atoms with Crippen LogP contribution in [0.5, 0.6) is 0 Å². The zero-order valence-electron chi connectivity index (χ0n) is 8.82. The molecule has 0 rings (SSSR count). The number of thioether (sulfide) groups is 1. The predicted molar refractivity (Wildman–Crippen MR) is 62.1 cm³/mol. The Morgan fingerprint density at radius 3 is 2.79 bits per heavy atom. The quantitative estimate of drug-likeness (QED) is 0.657. The van der Waals surface area contributed by atoms with Gasteiger partial charge in [-0.15, -0.1) is 6.42 Å². The summed E-state index contributed by atoms with van der Waals surface area (Å²) in [6, 6.07) is -0.407. The fraction of sp³-hybridized carbons (Fsp3) is 0.700. The van der Waals surface area contributed by atoms with E-state index in [0.29, 0.717) is 19.5 Å². The van der Waals surface area contributed by atoms with E-state index in [1.54, 1.807) is 16.7 Å². The summed E-state index contributed by atoms with van der Waals surface area (Å²) >= 11 is 1.69. The summed E-state index contributed by atoms with van der Waals surface area (Å²) < 4.78 is 0. The van der Waals surface area contributed by atoms with Crippen LogP contribution in [0.15, 0.2) is 0 Å². The molecule has 0 aromatic heterocycles. The van der Waals surface area contributed by atoms with E-state index in [1.165, 1.54) is 0 Å². The summed E-state index contributed by atoms with van der Waals surface area (Å²) in [5.74, 6) is 3.32. The first-order valence-corrected chi connectivity index (χ1v) is 6.03. The molecule has 0 heterocycles. The van der Waals surface area contributed by atoms with Gasteiger partial charge >= 0.3 is 0 Å². The number of likely N-dealkylation sites (N-methyl/N-ethyl adjacent to an activating group) is 1. The fourth-order valence-corrected chi connectivity index (χ4v) is 1.55. The molecule has 3 nitrogen and oxygen atoms in total. The van der Waals surface area contributed by atoms with Crippen LogP contribution in [0.1, 0.15) is 13.3 Å². The third-order valence-electron chi connectivity index (χ3n) is 1.93. The highest BCUT2D eigenvalue weighted by molar-refractivity contribution is 7.98. The monoisotopic (exact) mass is 214 g/mol. The Bertz CT molecular complexity index is 213. The van der Waals surface area contributed by atoms with Gasteiger partial charge in [0.2, 0.25) is 5.91 Å². The average molecular weight is 214 g/mol. The van der Waals surface area contributed by atoms with Crippen LogP contribution in [0.25, 0.3) is 0 Å². The number of hydrogen-bond acceptors (Lipinski definition) is 3. The second-order valence-corrected chi connectivity index (χ2v) is 3.93.